The molecule has 1 aromatic rings. The van der Waals surface area contributed by atoms with Crippen LogP contribution >= 0.6 is 0 Å². The average molecular weight is 211 g/mol. The summed E-state index contributed by atoms with van der Waals surface area (Å²) >= 11 is 0. The van der Waals surface area contributed by atoms with E-state index in [1.165, 1.54) is 0 Å². The van der Waals surface area contributed by atoms with Crippen LogP contribution in [0.15, 0.2) is 16.7 Å². The Bertz CT molecular complexity index is 292. The standard InChI is InChI=1S/C11H17NO3/c12-5-9-4-11(15-6-9)8-13-7-10-2-1-3-14-10/h4,6,10H,1-3,5,7-8,12H2. The summed E-state index contributed by atoms with van der Waals surface area (Å²) in [5.41, 5.74) is 6.48. The molecule has 1 unspecified atom stereocenters. The van der Waals surface area contributed by atoms with Gasteiger partial charge in [0.15, 0.2) is 0 Å². The highest BCUT2D eigenvalue weighted by Crippen LogP contribution is 2.13. The van der Waals surface area contributed by atoms with Gasteiger partial charge in [-0.25, -0.2) is 0 Å². The second kappa shape index (κ2) is 5.30. The van der Waals surface area contributed by atoms with Crippen LogP contribution in [0.4, 0.5) is 0 Å². The summed E-state index contributed by atoms with van der Waals surface area (Å²) in [5, 5.41) is 0. The maximum Gasteiger partial charge on any atom is 0.129 e. The van der Waals surface area contributed by atoms with Gasteiger partial charge in [-0.05, 0) is 18.9 Å². The van der Waals surface area contributed by atoms with Crippen LogP contribution in [0.1, 0.15) is 24.2 Å². The minimum absolute atomic E-state index is 0.272. The minimum Gasteiger partial charge on any atom is -0.467 e. The predicted molar refractivity (Wildman–Crippen MR) is 55.2 cm³/mol. The fraction of sp³-hybridized carbons (Fsp3) is 0.636. The summed E-state index contributed by atoms with van der Waals surface area (Å²) in [6, 6.07) is 1.93. The molecule has 2 heterocycles. The molecule has 0 amide bonds. The zero-order chi connectivity index (χ0) is 10.5. The van der Waals surface area contributed by atoms with Crippen molar-refractivity contribution in [3.63, 3.8) is 0 Å². The molecule has 1 aromatic heterocycles. The number of hydrogen-bond donors (Lipinski definition) is 1. The Morgan fingerprint density at radius 1 is 1.53 bits per heavy atom. The van der Waals surface area contributed by atoms with E-state index in [1.807, 2.05) is 6.07 Å². The Hall–Kier alpha value is -0.840. The van der Waals surface area contributed by atoms with Gasteiger partial charge in [0, 0.05) is 18.7 Å². The first-order valence-electron chi connectivity index (χ1n) is 5.34. The largest absolute Gasteiger partial charge is 0.467 e. The van der Waals surface area contributed by atoms with Crippen LogP contribution in [0.25, 0.3) is 0 Å². The van der Waals surface area contributed by atoms with Crippen LogP contribution in [-0.2, 0) is 22.6 Å². The molecule has 1 aliphatic heterocycles. The van der Waals surface area contributed by atoms with Gasteiger partial charge in [0.2, 0.25) is 0 Å². The fourth-order valence-corrected chi connectivity index (χ4v) is 1.68. The van der Waals surface area contributed by atoms with E-state index in [4.69, 9.17) is 19.6 Å². The van der Waals surface area contributed by atoms with Crippen molar-refractivity contribution < 1.29 is 13.9 Å². The molecular formula is C11H17NO3. The van der Waals surface area contributed by atoms with E-state index < -0.39 is 0 Å². The Morgan fingerprint density at radius 3 is 3.13 bits per heavy atom. The molecule has 0 radical (unpaired) electrons. The van der Waals surface area contributed by atoms with Crippen molar-refractivity contribution in [2.45, 2.75) is 32.1 Å². The van der Waals surface area contributed by atoms with Gasteiger partial charge in [-0.2, -0.15) is 0 Å². The minimum atomic E-state index is 0.272. The molecule has 2 rings (SSSR count). The maximum atomic E-state index is 5.50. The van der Waals surface area contributed by atoms with Crippen LogP contribution in [0.2, 0.25) is 0 Å². The van der Waals surface area contributed by atoms with Crippen LogP contribution in [-0.4, -0.2) is 19.3 Å². The highest BCUT2D eigenvalue weighted by atomic mass is 16.5. The van der Waals surface area contributed by atoms with Gasteiger partial charge in [-0.3, -0.25) is 0 Å². The molecule has 0 bridgehead atoms. The van der Waals surface area contributed by atoms with Crippen LogP contribution in [0.5, 0.6) is 0 Å². The normalized spacial score (nSPS) is 21.0. The lowest BCUT2D eigenvalue weighted by molar-refractivity contribution is 0.00581. The van der Waals surface area contributed by atoms with Crippen molar-refractivity contribution in [2.24, 2.45) is 5.73 Å². The molecule has 0 aliphatic carbocycles. The number of furan rings is 1. The third-order valence-electron chi connectivity index (χ3n) is 2.52. The molecule has 1 atom stereocenters. The Labute approximate surface area is 89.3 Å². The second-order valence-corrected chi connectivity index (χ2v) is 3.78. The SMILES string of the molecule is NCc1coc(COCC2CCCO2)c1. The van der Waals surface area contributed by atoms with Crippen molar-refractivity contribution in [2.75, 3.05) is 13.2 Å². The summed E-state index contributed by atoms with van der Waals surface area (Å²) in [6.07, 6.45) is 4.19. The highest BCUT2D eigenvalue weighted by molar-refractivity contribution is 5.11. The van der Waals surface area contributed by atoms with Gasteiger partial charge in [0.1, 0.15) is 12.4 Å². The lowest BCUT2D eigenvalue weighted by Gasteiger charge is -2.08. The van der Waals surface area contributed by atoms with Crippen molar-refractivity contribution >= 4 is 0 Å². The Morgan fingerprint density at radius 2 is 2.47 bits per heavy atom. The first kappa shape index (κ1) is 10.7. The van der Waals surface area contributed by atoms with E-state index in [-0.39, 0.29) is 6.10 Å². The van der Waals surface area contributed by atoms with Crippen LogP contribution in [0.3, 0.4) is 0 Å². The molecule has 2 N–H and O–H groups in total. The zero-order valence-electron chi connectivity index (χ0n) is 8.78. The molecule has 15 heavy (non-hydrogen) atoms. The highest BCUT2D eigenvalue weighted by Gasteiger charge is 2.15. The van der Waals surface area contributed by atoms with Gasteiger partial charge in [0.05, 0.1) is 19.0 Å². The van der Waals surface area contributed by atoms with E-state index in [2.05, 4.69) is 0 Å². The van der Waals surface area contributed by atoms with Crippen molar-refractivity contribution in [3.8, 4) is 0 Å². The van der Waals surface area contributed by atoms with Crippen molar-refractivity contribution in [1.82, 2.24) is 0 Å². The maximum absolute atomic E-state index is 5.50. The molecule has 0 saturated carbocycles. The summed E-state index contributed by atoms with van der Waals surface area (Å²) in [6.45, 7) is 2.53. The van der Waals surface area contributed by atoms with E-state index in [0.29, 0.717) is 19.8 Å². The molecular weight excluding hydrogens is 194 g/mol. The number of ether oxygens (including phenoxy) is 2. The summed E-state index contributed by atoms with van der Waals surface area (Å²) < 4.78 is 16.2. The number of hydrogen-bond acceptors (Lipinski definition) is 4. The van der Waals surface area contributed by atoms with Crippen molar-refractivity contribution in [3.05, 3.63) is 23.7 Å². The molecule has 4 nitrogen and oxygen atoms in total. The summed E-state index contributed by atoms with van der Waals surface area (Å²) in [5.74, 6) is 0.827. The summed E-state index contributed by atoms with van der Waals surface area (Å²) in [4.78, 5) is 0. The van der Waals surface area contributed by atoms with Crippen LogP contribution < -0.4 is 5.73 Å². The van der Waals surface area contributed by atoms with Gasteiger partial charge in [0.25, 0.3) is 0 Å². The van der Waals surface area contributed by atoms with Gasteiger partial charge in [-0.1, -0.05) is 0 Å². The number of nitrogens with two attached hydrogens (primary N) is 1. The van der Waals surface area contributed by atoms with E-state index in [9.17, 15) is 0 Å². The molecule has 1 saturated heterocycles. The van der Waals surface area contributed by atoms with Crippen LogP contribution in [0, 0.1) is 0 Å². The van der Waals surface area contributed by atoms with E-state index in [0.717, 1.165) is 30.8 Å². The topological polar surface area (TPSA) is 57.6 Å². The molecule has 4 heteroatoms. The lowest BCUT2D eigenvalue weighted by atomic mass is 10.2. The molecule has 1 aliphatic rings. The second-order valence-electron chi connectivity index (χ2n) is 3.78. The monoisotopic (exact) mass is 211 g/mol. The van der Waals surface area contributed by atoms with Gasteiger partial charge < -0.3 is 19.6 Å². The Balaban J connectivity index is 1.68. The summed E-state index contributed by atoms with van der Waals surface area (Å²) in [7, 11) is 0. The third-order valence-corrected chi connectivity index (χ3v) is 2.52. The molecule has 1 fully saturated rings. The third kappa shape index (κ3) is 3.06. The number of rotatable bonds is 5. The lowest BCUT2D eigenvalue weighted by Crippen LogP contribution is -2.13. The zero-order valence-corrected chi connectivity index (χ0v) is 8.78. The first-order chi connectivity index (χ1) is 7.38. The first-order valence-corrected chi connectivity index (χ1v) is 5.34. The van der Waals surface area contributed by atoms with Crippen molar-refractivity contribution in [1.29, 1.82) is 0 Å². The van der Waals surface area contributed by atoms with E-state index >= 15 is 0 Å². The predicted octanol–water partition coefficient (Wildman–Crippen LogP) is 1.43. The smallest absolute Gasteiger partial charge is 0.129 e. The van der Waals surface area contributed by atoms with Gasteiger partial charge in [-0.15, -0.1) is 0 Å². The Kier molecular flexibility index (Phi) is 3.77. The molecule has 84 valence electrons. The average Bonchev–Trinajstić information content (AvgIpc) is 2.88. The van der Waals surface area contributed by atoms with E-state index in [1.54, 1.807) is 6.26 Å². The molecule has 0 spiro atoms. The fourth-order valence-electron chi connectivity index (χ4n) is 1.68. The van der Waals surface area contributed by atoms with Gasteiger partial charge >= 0.3 is 0 Å². The quantitative estimate of drug-likeness (QED) is 0.800. The molecule has 0 aromatic carbocycles.